The normalized spacial score (nSPS) is 16.9. The van der Waals surface area contributed by atoms with Crippen LogP contribution in [0.4, 0.5) is 5.69 Å². The number of nitrogens with one attached hydrogen (secondary N) is 1. The number of benzene rings is 2. The molecule has 1 atom stereocenters. The van der Waals surface area contributed by atoms with Crippen LogP contribution in [0.2, 0.25) is 0 Å². The van der Waals surface area contributed by atoms with Gasteiger partial charge in [0, 0.05) is 37.8 Å². The number of ether oxygens (including phenoxy) is 2. The third kappa shape index (κ3) is 5.58. The highest BCUT2D eigenvalue weighted by molar-refractivity contribution is 5.85. The van der Waals surface area contributed by atoms with E-state index in [-0.39, 0.29) is 23.0 Å². The summed E-state index contributed by atoms with van der Waals surface area (Å²) < 4.78 is 11.3. The number of rotatable bonds is 7. The van der Waals surface area contributed by atoms with Gasteiger partial charge in [-0.15, -0.1) is 12.4 Å². The number of halogens is 1. The lowest BCUT2D eigenvalue weighted by Crippen LogP contribution is -2.48. The van der Waals surface area contributed by atoms with E-state index in [0.29, 0.717) is 36.3 Å². The molecular formula is C20H26ClN3O4. The molecule has 0 aliphatic carbocycles. The molecular weight excluding hydrogens is 382 g/mol. The second-order valence-corrected chi connectivity index (χ2v) is 6.75. The maximum atomic E-state index is 11.6. The van der Waals surface area contributed by atoms with Crippen LogP contribution in [0.15, 0.2) is 42.5 Å². The summed E-state index contributed by atoms with van der Waals surface area (Å²) in [4.78, 5) is 13.5. The van der Waals surface area contributed by atoms with Crippen LogP contribution < -0.4 is 14.8 Å². The smallest absolute Gasteiger partial charge is 0.277 e. The van der Waals surface area contributed by atoms with Crippen LogP contribution in [0.1, 0.15) is 18.1 Å². The molecule has 1 fully saturated rings. The van der Waals surface area contributed by atoms with Crippen LogP contribution in [0.5, 0.6) is 11.5 Å². The molecule has 1 N–H and O–H groups in total. The average Bonchev–Trinajstić information content (AvgIpc) is 2.67. The molecule has 1 aliphatic heterocycles. The van der Waals surface area contributed by atoms with Gasteiger partial charge < -0.3 is 14.8 Å². The Hall–Kier alpha value is -2.35. The van der Waals surface area contributed by atoms with E-state index in [9.17, 15) is 10.1 Å². The van der Waals surface area contributed by atoms with Crippen LogP contribution in [0.3, 0.4) is 0 Å². The van der Waals surface area contributed by atoms with Gasteiger partial charge in [0.25, 0.3) is 5.69 Å². The summed E-state index contributed by atoms with van der Waals surface area (Å²) >= 11 is 0. The summed E-state index contributed by atoms with van der Waals surface area (Å²) in [7, 11) is 1.55. The number of nitro benzene ring substituents is 1. The van der Waals surface area contributed by atoms with Crippen molar-refractivity contribution in [2.75, 3.05) is 26.7 Å². The largest absolute Gasteiger partial charge is 0.493 e. The second kappa shape index (κ2) is 10.3. The predicted octanol–water partition coefficient (Wildman–Crippen LogP) is 3.40. The van der Waals surface area contributed by atoms with Crippen molar-refractivity contribution < 1.29 is 14.4 Å². The van der Waals surface area contributed by atoms with Gasteiger partial charge in [-0.2, -0.15) is 0 Å². The van der Waals surface area contributed by atoms with E-state index >= 15 is 0 Å². The van der Waals surface area contributed by atoms with Crippen LogP contribution in [0.25, 0.3) is 0 Å². The lowest BCUT2D eigenvalue weighted by atomic mass is 10.1. The van der Waals surface area contributed by atoms with Crippen molar-refractivity contribution in [1.29, 1.82) is 0 Å². The molecule has 1 heterocycles. The van der Waals surface area contributed by atoms with E-state index < -0.39 is 0 Å². The Morgan fingerprint density at radius 3 is 2.64 bits per heavy atom. The second-order valence-electron chi connectivity index (χ2n) is 6.75. The van der Waals surface area contributed by atoms with Gasteiger partial charge in [0.05, 0.1) is 18.1 Å². The summed E-state index contributed by atoms with van der Waals surface area (Å²) in [5.74, 6) is 0.889. The van der Waals surface area contributed by atoms with Crippen LogP contribution >= 0.6 is 12.4 Å². The summed E-state index contributed by atoms with van der Waals surface area (Å²) in [6.07, 6.45) is 0. The quantitative estimate of drug-likeness (QED) is 0.560. The van der Waals surface area contributed by atoms with Crippen molar-refractivity contribution in [3.8, 4) is 11.5 Å². The van der Waals surface area contributed by atoms with E-state index in [2.05, 4.69) is 17.1 Å². The van der Waals surface area contributed by atoms with Gasteiger partial charge >= 0.3 is 0 Å². The van der Waals surface area contributed by atoms with Gasteiger partial charge in [0.2, 0.25) is 0 Å². The van der Waals surface area contributed by atoms with Crippen molar-refractivity contribution in [2.24, 2.45) is 0 Å². The van der Waals surface area contributed by atoms with Crippen LogP contribution in [0, 0.1) is 10.1 Å². The molecule has 8 heteroatoms. The van der Waals surface area contributed by atoms with E-state index in [1.54, 1.807) is 13.2 Å². The molecule has 0 saturated carbocycles. The van der Waals surface area contributed by atoms with Gasteiger partial charge in [0.1, 0.15) is 6.61 Å². The first-order chi connectivity index (χ1) is 13.1. The van der Waals surface area contributed by atoms with E-state index in [1.165, 1.54) is 6.07 Å². The fourth-order valence-corrected chi connectivity index (χ4v) is 3.29. The van der Waals surface area contributed by atoms with Gasteiger partial charge in [-0.05, 0) is 18.6 Å². The minimum Gasteiger partial charge on any atom is -0.493 e. The van der Waals surface area contributed by atoms with Crippen molar-refractivity contribution >= 4 is 18.1 Å². The number of hydrogen-bond donors (Lipinski definition) is 1. The van der Waals surface area contributed by atoms with E-state index in [0.717, 1.165) is 25.2 Å². The molecule has 0 bridgehead atoms. The number of hydrogen-bond acceptors (Lipinski definition) is 6. The summed E-state index contributed by atoms with van der Waals surface area (Å²) in [6, 6.07) is 13.2. The molecule has 0 spiro atoms. The monoisotopic (exact) mass is 407 g/mol. The van der Waals surface area contributed by atoms with Gasteiger partial charge in [-0.1, -0.05) is 30.3 Å². The standard InChI is InChI=1S/C20H25N3O4.ClH/c1-15-12-22(9-8-21-15)13-17-10-19(26-2)20(11-18(17)23(24)25)27-14-16-6-4-3-5-7-16;/h3-7,10-11,15,21H,8-9,12-14H2,1-2H3;1H/t15-;/m0./s1. The van der Waals surface area contributed by atoms with Gasteiger partial charge in [-0.25, -0.2) is 0 Å². The number of nitro groups is 1. The molecule has 0 radical (unpaired) electrons. The van der Waals surface area contributed by atoms with Gasteiger partial charge in [-0.3, -0.25) is 15.0 Å². The van der Waals surface area contributed by atoms with E-state index in [4.69, 9.17) is 9.47 Å². The number of piperazine rings is 1. The first-order valence-electron chi connectivity index (χ1n) is 9.04. The highest BCUT2D eigenvalue weighted by Crippen LogP contribution is 2.36. The zero-order valence-corrected chi connectivity index (χ0v) is 16.9. The lowest BCUT2D eigenvalue weighted by molar-refractivity contribution is -0.385. The highest BCUT2D eigenvalue weighted by Gasteiger charge is 2.23. The average molecular weight is 408 g/mol. The van der Waals surface area contributed by atoms with Crippen LogP contribution in [-0.4, -0.2) is 42.6 Å². The third-order valence-electron chi connectivity index (χ3n) is 4.65. The molecule has 0 aromatic heterocycles. The summed E-state index contributed by atoms with van der Waals surface area (Å²) in [5.41, 5.74) is 1.68. The first-order valence-corrected chi connectivity index (χ1v) is 9.04. The topological polar surface area (TPSA) is 76.9 Å². The number of methoxy groups -OCH3 is 1. The summed E-state index contributed by atoms with van der Waals surface area (Å²) in [5, 5.41) is 15.0. The Balaban J connectivity index is 0.00000280. The molecule has 28 heavy (non-hydrogen) atoms. The fraction of sp³-hybridized carbons (Fsp3) is 0.400. The first kappa shape index (κ1) is 21.9. The Labute approximate surface area is 171 Å². The maximum absolute atomic E-state index is 11.6. The van der Waals surface area contributed by atoms with Crippen molar-refractivity contribution in [3.05, 3.63) is 63.7 Å². The molecule has 3 rings (SSSR count). The minimum absolute atomic E-state index is 0. The Morgan fingerprint density at radius 1 is 1.25 bits per heavy atom. The molecule has 7 nitrogen and oxygen atoms in total. The van der Waals surface area contributed by atoms with Gasteiger partial charge in [0.15, 0.2) is 11.5 Å². The number of nitrogens with zero attached hydrogens (tertiary/aromatic N) is 2. The molecule has 1 aliphatic rings. The minimum atomic E-state index is -0.351. The van der Waals surface area contributed by atoms with E-state index in [1.807, 2.05) is 30.3 Å². The molecule has 152 valence electrons. The molecule has 0 unspecified atom stereocenters. The zero-order valence-electron chi connectivity index (χ0n) is 16.1. The van der Waals surface area contributed by atoms with Crippen LogP contribution in [-0.2, 0) is 13.2 Å². The Kier molecular flexibility index (Phi) is 8.04. The third-order valence-corrected chi connectivity index (χ3v) is 4.65. The molecule has 0 amide bonds. The Bertz CT molecular complexity index is 789. The molecule has 1 saturated heterocycles. The lowest BCUT2D eigenvalue weighted by Gasteiger charge is -2.31. The maximum Gasteiger partial charge on any atom is 0.277 e. The predicted molar refractivity (Wildman–Crippen MR) is 110 cm³/mol. The Morgan fingerprint density at radius 2 is 2.00 bits per heavy atom. The molecule has 2 aromatic carbocycles. The fourth-order valence-electron chi connectivity index (χ4n) is 3.29. The SMILES string of the molecule is COc1cc(CN2CCN[C@@H](C)C2)c([N+](=O)[O-])cc1OCc1ccccc1.Cl. The van der Waals surface area contributed by atoms with Crippen molar-refractivity contribution in [1.82, 2.24) is 10.2 Å². The van der Waals surface area contributed by atoms with Crippen molar-refractivity contribution in [2.45, 2.75) is 26.1 Å². The highest BCUT2D eigenvalue weighted by atomic mass is 35.5. The van der Waals surface area contributed by atoms with Crippen molar-refractivity contribution in [3.63, 3.8) is 0 Å². The molecule has 2 aromatic rings. The summed E-state index contributed by atoms with van der Waals surface area (Å²) in [6.45, 7) is 5.54. The zero-order chi connectivity index (χ0) is 19.2.